The smallest absolute Gasteiger partial charge is 0.330 e. The van der Waals surface area contributed by atoms with Crippen LogP contribution in [-0.2, 0) is 4.74 Å². The molecule has 100 valence electrons. The monoisotopic (exact) mass is 252 g/mol. The van der Waals surface area contributed by atoms with Gasteiger partial charge in [0.1, 0.15) is 6.23 Å². The topological polar surface area (TPSA) is 64.1 Å². The van der Waals surface area contributed by atoms with Crippen LogP contribution in [0, 0.1) is 6.92 Å². The molecule has 18 heavy (non-hydrogen) atoms. The van der Waals surface area contributed by atoms with Gasteiger partial charge in [-0.2, -0.15) is 0 Å². The van der Waals surface area contributed by atoms with Crippen molar-refractivity contribution < 1.29 is 4.74 Å². The van der Waals surface area contributed by atoms with Gasteiger partial charge in [0.15, 0.2) is 0 Å². The number of hydrogen-bond acceptors (Lipinski definition) is 3. The van der Waals surface area contributed by atoms with Crippen LogP contribution in [0.15, 0.2) is 9.59 Å². The molecule has 0 amide bonds. The Morgan fingerprint density at radius 1 is 1.33 bits per heavy atom. The lowest BCUT2D eigenvalue weighted by Gasteiger charge is -2.24. The van der Waals surface area contributed by atoms with Crippen molar-refractivity contribution >= 4 is 0 Å². The lowest BCUT2D eigenvalue weighted by Crippen LogP contribution is -2.42. The van der Waals surface area contributed by atoms with Crippen LogP contribution in [0.2, 0.25) is 0 Å². The average molecular weight is 252 g/mol. The van der Waals surface area contributed by atoms with Gasteiger partial charge in [0, 0.05) is 17.9 Å². The fraction of sp³-hybridized carbons (Fsp3) is 0.692. The van der Waals surface area contributed by atoms with E-state index < -0.39 is 6.23 Å². The summed E-state index contributed by atoms with van der Waals surface area (Å²) < 4.78 is 6.78. The van der Waals surface area contributed by atoms with Crippen molar-refractivity contribution in [2.45, 2.75) is 52.2 Å². The van der Waals surface area contributed by atoms with E-state index in [0.29, 0.717) is 17.9 Å². The number of hydrogen-bond donors (Lipinski definition) is 1. The van der Waals surface area contributed by atoms with Crippen LogP contribution in [0.25, 0.3) is 0 Å². The predicted octanol–water partition coefficient (Wildman–Crippen LogP) is 1.67. The zero-order valence-electron chi connectivity index (χ0n) is 11.2. The molecule has 0 aromatic carbocycles. The summed E-state index contributed by atoms with van der Waals surface area (Å²) in [4.78, 5) is 27.1. The van der Waals surface area contributed by atoms with Crippen molar-refractivity contribution in [1.29, 1.82) is 0 Å². The van der Waals surface area contributed by atoms with Gasteiger partial charge < -0.3 is 9.72 Å². The summed E-state index contributed by atoms with van der Waals surface area (Å²) in [5, 5.41) is 0. The van der Waals surface area contributed by atoms with Gasteiger partial charge in [-0.25, -0.2) is 9.36 Å². The highest BCUT2D eigenvalue weighted by Gasteiger charge is 2.22. The number of rotatable bonds is 2. The third kappa shape index (κ3) is 2.27. The molecule has 0 saturated carbocycles. The number of aromatic nitrogens is 2. The first-order valence-electron chi connectivity index (χ1n) is 6.49. The molecule has 5 heteroatoms. The van der Waals surface area contributed by atoms with Crippen LogP contribution in [0.3, 0.4) is 0 Å². The highest BCUT2D eigenvalue weighted by atomic mass is 16.5. The first-order valence-corrected chi connectivity index (χ1v) is 6.49. The SMILES string of the molecule is Cc1[nH]c(=O)n(C2CCCCO2)c(=O)c1C(C)C. The van der Waals surface area contributed by atoms with E-state index in [2.05, 4.69) is 4.98 Å². The maximum atomic E-state index is 12.4. The van der Waals surface area contributed by atoms with E-state index in [9.17, 15) is 9.59 Å². The van der Waals surface area contributed by atoms with Crippen molar-refractivity contribution in [1.82, 2.24) is 9.55 Å². The van der Waals surface area contributed by atoms with Gasteiger partial charge in [0.25, 0.3) is 5.56 Å². The van der Waals surface area contributed by atoms with E-state index >= 15 is 0 Å². The predicted molar refractivity (Wildman–Crippen MR) is 69.0 cm³/mol. The van der Waals surface area contributed by atoms with Crippen LogP contribution < -0.4 is 11.2 Å². The van der Waals surface area contributed by atoms with Crippen LogP contribution in [-0.4, -0.2) is 16.2 Å². The summed E-state index contributed by atoms with van der Waals surface area (Å²) in [5.41, 5.74) is 0.753. The average Bonchev–Trinajstić information content (AvgIpc) is 2.28. The number of ether oxygens (including phenoxy) is 1. The summed E-state index contributed by atoms with van der Waals surface area (Å²) in [6, 6.07) is 0. The van der Waals surface area contributed by atoms with E-state index in [-0.39, 0.29) is 17.2 Å². The van der Waals surface area contributed by atoms with Crippen molar-refractivity contribution in [3.8, 4) is 0 Å². The molecule has 0 radical (unpaired) electrons. The summed E-state index contributed by atoms with van der Waals surface area (Å²) in [5.74, 6) is 0.0872. The van der Waals surface area contributed by atoms with Crippen molar-refractivity contribution in [2.75, 3.05) is 6.61 Å². The third-order valence-electron chi connectivity index (χ3n) is 3.39. The van der Waals surface area contributed by atoms with Crippen LogP contribution in [0.4, 0.5) is 0 Å². The molecule has 1 aliphatic heterocycles. The lowest BCUT2D eigenvalue weighted by atomic mass is 10.0. The van der Waals surface area contributed by atoms with Gasteiger partial charge in [-0.1, -0.05) is 13.8 Å². The molecule has 2 heterocycles. The summed E-state index contributed by atoms with van der Waals surface area (Å²) in [6.45, 7) is 6.29. The second-order valence-electron chi connectivity index (χ2n) is 5.12. The number of H-pyrrole nitrogens is 1. The third-order valence-corrected chi connectivity index (χ3v) is 3.39. The Morgan fingerprint density at radius 2 is 2.06 bits per heavy atom. The highest BCUT2D eigenvalue weighted by Crippen LogP contribution is 2.20. The van der Waals surface area contributed by atoms with Gasteiger partial charge in [0.2, 0.25) is 0 Å². The zero-order valence-corrected chi connectivity index (χ0v) is 11.2. The molecule has 2 rings (SSSR count). The Kier molecular flexibility index (Phi) is 3.71. The van der Waals surface area contributed by atoms with Gasteiger partial charge in [-0.05, 0) is 32.1 Å². The lowest BCUT2D eigenvalue weighted by molar-refractivity contribution is -0.0370. The van der Waals surface area contributed by atoms with Crippen molar-refractivity contribution in [3.05, 3.63) is 32.1 Å². The Bertz CT molecular complexity index is 536. The fourth-order valence-corrected chi connectivity index (χ4v) is 2.54. The Morgan fingerprint density at radius 3 is 2.61 bits per heavy atom. The Balaban J connectivity index is 2.56. The Labute approximate surface area is 106 Å². The second kappa shape index (κ2) is 5.10. The molecule has 0 bridgehead atoms. The minimum Gasteiger partial charge on any atom is -0.358 e. The molecule has 1 aliphatic rings. The molecule has 5 nitrogen and oxygen atoms in total. The van der Waals surface area contributed by atoms with Gasteiger partial charge in [-0.3, -0.25) is 4.79 Å². The first-order chi connectivity index (χ1) is 8.52. The van der Waals surface area contributed by atoms with Crippen LogP contribution in [0.1, 0.15) is 56.5 Å². The van der Waals surface area contributed by atoms with Gasteiger partial charge in [0.05, 0.1) is 0 Å². The fourth-order valence-electron chi connectivity index (χ4n) is 2.54. The molecule has 1 aromatic rings. The molecule has 1 unspecified atom stereocenters. The molecule has 0 aliphatic carbocycles. The Hall–Kier alpha value is -1.36. The van der Waals surface area contributed by atoms with E-state index in [0.717, 1.165) is 19.3 Å². The molecule has 1 saturated heterocycles. The molecule has 1 atom stereocenters. The van der Waals surface area contributed by atoms with Crippen molar-refractivity contribution in [2.24, 2.45) is 0 Å². The zero-order chi connectivity index (χ0) is 13.3. The molecule has 1 fully saturated rings. The van der Waals surface area contributed by atoms with Crippen molar-refractivity contribution in [3.63, 3.8) is 0 Å². The number of aromatic amines is 1. The van der Waals surface area contributed by atoms with E-state index in [1.54, 1.807) is 6.92 Å². The molecule has 0 spiro atoms. The molecular formula is C13H20N2O3. The van der Waals surface area contributed by atoms with E-state index in [4.69, 9.17) is 4.74 Å². The standard InChI is InChI=1S/C13H20N2O3/c1-8(2)11-9(3)14-13(17)15(12(11)16)10-6-4-5-7-18-10/h8,10H,4-7H2,1-3H3,(H,14,17). The maximum absolute atomic E-state index is 12.4. The molecule has 1 N–H and O–H groups in total. The normalized spacial score (nSPS) is 20.3. The molecular weight excluding hydrogens is 232 g/mol. The largest absolute Gasteiger partial charge is 0.358 e. The number of nitrogens with one attached hydrogen (secondary N) is 1. The summed E-state index contributed by atoms with van der Waals surface area (Å²) in [6.07, 6.45) is 2.30. The van der Waals surface area contributed by atoms with Gasteiger partial charge in [-0.15, -0.1) is 0 Å². The van der Waals surface area contributed by atoms with E-state index in [1.807, 2.05) is 13.8 Å². The number of nitrogens with zero attached hydrogens (tertiary/aromatic N) is 1. The molecule has 1 aromatic heterocycles. The van der Waals surface area contributed by atoms with E-state index in [1.165, 1.54) is 4.57 Å². The first kappa shape index (κ1) is 13.1. The quantitative estimate of drug-likeness (QED) is 0.870. The second-order valence-corrected chi connectivity index (χ2v) is 5.12. The number of aryl methyl sites for hydroxylation is 1. The highest BCUT2D eigenvalue weighted by molar-refractivity contribution is 5.19. The summed E-state index contributed by atoms with van der Waals surface area (Å²) in [7, 11) is 0. The van der Waals surface area contributed by atoms with Crippen LogP contribution in [0.5, 0.6) is 0 Å². The van der Waals surface area contributed by atoms with Gasteiger partial charge >= 0.3 is 5.69 Å². The minimum absolute atomic E-state index is 0.0872. The minimum atomic E-state index is -0.409. The van der Waals surface area contributed by atoms with Crippen LogP contribution >= 0.6 is 0 Å². The maximum Gasteiger partial charge on any atom is 0.330 e. The summed E-state index contributed by atoms with van der Waals surface area (Å²) >= 11 is 0.